The van der Waals surface area contributed by atoms with Gasteiger partial charge in [-0.25, -0.2) is 0 Å². The predicted octanol–water partition coefficient (Wildman–Crippen LogP) is 5.54. The molecule has 5 nitrogen and oxygen atoms in total. The molecule has 5 rings (SSSR count). The third-order valence-electron chi connectivity index (χ3n) is 5.48. The summed E-state index contributed by atoms with van der Waals surface area (Å²) in [4.78, 5) is 19.9. The highest BCUT2D eigenvalue weighted by Gasteiger charge is 2.32. The summed E-state index contributed by atoms with van der Waals surface area (Å²) in [6.07, 6.45) is -3.31. The summed E-state index contributed by atoms with van der Waals surface area (Å²) in [6.45, 7) is 3.85. The molecule has 8 heteroatoms. The van der Waals surface area contributed by atoms with Crippen molar-refractivity contribution in [1.29, 1.82) is 0 Å². The standard InChI is InChI=1S/C24H17F3N4O/c1-13-3-5-15(6-4-13)21-14(2)30-31-22(21)29-19-11-16(7-9-18(19)23(31)32)17-8-10-20(28-12-17)24(25,26)27/h3-12,29H,1-2H3. The number of hydrogen-bond acceptors (Lipinski definition) is 3. The number of benzene rings is 2. The maximum absolute atomic E-state index is 13.1. The Labute approximate surface area is 180 Å². The molecule has 32 heavy (non-hydrogen) atoms. The van der Waals surface area contributed by atoms with Gasteiger partial charge in [0, 0.05) is 17.3 Å². The van der Waals surface area contributed by atoms with Crippen LogP contribution < -0.4 is 5.56 Å². The Morgan fingerprint density at radius 3 is 2.25 bits per heavy atom. The molecule has 5 aromatic rings. The van der Waals surface area contributed by atoms with Gasteiger partial charge in [-0.05, 0) is 43.2 Å². The minimum Gasteiger partial charge on any atom is -0.339 e. The number of halogens is 3. The first-order valence-corrected chi connectivity index (χ1v) is 9.88. The first-order chi connectivity index (χ1) is 15.2. The number of aromatic nitrogens is 4. The van der Waals surface area contributed by atoms with Gasteiger partial charge in [-0.15, -0.1) is 0 Å². The number of aryl methyl sites for hydroxylation is 2. The molecule has 0 bridgehead atoms. The molecule has 0 radical (unpaired) electrons. The topological polar surface area (TPSA) is 63.1 Å². The van der Waals surface area contributed by atoms with Crippen LogP contribution in [0.2, 0.25) is 0 Å². The summed E-state index contributed by atoms with van der Waals surface area (Å²) in [6, 6.07) is 15.3. The number of nitrogens with zero attached hydrogens (tertiary/aromatic N) is 3. The molecule has 0 spiro atoms. The molecule has 0 aliphatic heterocycles. The Bertz CT molecular complexity index is 1530. The molecule has 0 unspecified atom stereocenters. The number of aromatic amines is 1. The normalized spacial score (nSPS) is 12.0. The quantitative estimate of drug-likeness (QED) is 0.397. The van der Waals surface area contributed by atoms with E-state index in [1.54, 1.807) is 18.2 Å². The number of fused-ring (bicyclic) bond motifs is 2. The van der Waals surface area contributed by atoms with Crippen LogP contribution in [0, 0.1) is 13.8 Å². The summed E-state index contributed by atoms with van der Waals surface area (Å²) in [7, 11) is 0. The first kappa shape index (κ1) is 20.0. The van der Waals surface area contributed by atoms with E-state index in [-0.39, 0.29) is 5.56 Å². The fourth-order valence-electron chi connectivity index (χ4n) is 3.84. The van der Waals surface area contributed by atoms with E-state index in [4.69, 9.17) is 0 Å². The monoisotopic (exact) mass is 434 g/mol. The van der Waals surface area contributed by atoms with Gasteiger partial charge < -0.3 is 4.98 Å². The Kier molecular flexibility index (Phi) is 4.40. The molecule has 3 aromatic heterocycles. The van der Waals surface area contributed by atoms with Crippen LogP contribution in [-0.4, -0.2) is 19.6 Å². The van der Waals surface area contributed by atoms with Crippen LogP contribution in [0.1, 0.15) is 17.0 Å². The molecule has 3 heterocycles. The van der Waals surface area contributed by atoms with Crippen molar-refractivity contribution in [2.75, 3.05) is 0 Å². The zero-order valence-corrected chi connectivity index (χ0v) is 17.2. The Balaban J connectivity index is 1.69. The summed E-state index contributed by atoms with van der Waals surface area (Å²) >= 11 is 0. The Morgan fingerprint density at radius 2 is 1.59 bits per heavy atom. The van der Waals surface area contributed by atoms with E-state index in [0.29, 0.717) is 33.4 Å². The van der Waals surface area contributed by atoms with Gasteiger partial charge in [-0.2, -0.15) is 22.8 Å². The molecule has 0 atom stereocenters. The van der Waals surface area contributed by atoms with Crippen LogP contribution in [0.3, 0.4) is 0 Å². The Morgan fingerprint density at radius 1 is 0.906 bits per heavy atom. The van der Waals surface area contributed by atoms with E-state index in [2.05, 4.69) is 15.1 Å². The van der Waals surface area contributed by atoms with E-state index in [1.807, 2.05) is 38.1 Å². The smallest absolute Gasteiger partial charge is 0.339 e. The largest absolute Gasteiger partial charge is 0.433 e. The van der Waals surface area contributed by atoms with E-state index in [0.717, 1.165) is 22.8 Å². The lowest BCUT2D eigenvalue weighted by Crippen LogP contribution is -2.15. The van der Waals surface area contributed by atoms with Gasteiger partial charge in [0.25, 0.3) is 5.56 Å². The lowest BCUT2D eigenvalue weighted by molar-refractivity contribution is -0.141. The van der Waals surface area contributed by atoms with E-state index < -0.39 is 11.9 Å². The van der Waals surface area contributed by atoms with Crippen LogP contribution in [-0.2, 0) is 6.18 Å². The van der Waals surface area contributed by atoms with Crippen molar-refractivity contribution >= 4 is 16.6 Å². The molecule has 0 saturated heterocycles. The van der Waals surface area contributed by atoms with E-state index >= 15 is 0 Å². The number of nitrogens with one attached hydrogen (secondary N) is 1. The minimum atomic E-state index is -4.50. The van der Waals surface area contributed by atoms with Crippen molar-refractivity contribution < 1.29 is 13.2 Å². The molecule has 0 fully saturated rings. The van der Waals surface area contributed by atoms with Gasteiger partial charge in [0.1, 0.15) is 11.3 Å². The second kappa shape index (κ2) is 7.05. The molecule has 2 aromatic carbocycles. The summed E-state index contributed by atoms with van der Waals surface area (Å²) < 4.78 is 39.8. The van der Waals surface area contributed by atoms with Crippen LogP contribution in [0.4, 0.5) is 13.2 Å². The van der Waals surface area contributed by atoms with Crippen LogP contribution in [0.5, 0.6) is 0 Å². The number of alkyl halides is 3. The number of hydrogen-bond donors (Lipinski definition) is 1. The van der Waals surface area contributed by atoms with E-state index in [1.165, 1.54) is 16.8 Å². The molecule has 0 aliphatic carbocycles. The first-order valence-electron chi connectivity index (χ1n) is 9.88. The highest BCUT2D eigenvalue weighted by Crippen LogP contribution is 2.31. The van der Waals surface area contributed by atoms with Crippen molar-refractivity contribution in [2.24, 2.45) is 0 Å². The van der Waals surface area contributed by atoms with Crippen LogP contribution in [0.15, 0.2) is 65.6 Å². The minimum absolute atomic E-state index is 0.271. The van der Waals surface area contributed by atoms with Crippen LogP contribution >= 0.6 is 0 Å². The number of H-pyrrole nitrogens is 1. The van der Waals surface area contributed by atoms with Crippen molar-refractivity contribution in [3.8, 4) is 22.3 Å². The third-order valence-corrected chi connectivity index (χ3v) is 5.48. The zero-order valence-electron chi connectivity index (χ0n) is 17.2. The lowest BCUT2D eigenvalue weighted by atomic mass is 10.0. The van der Waals surface area contributed by atoms with Gasteiger partial charge in [-0.1, -0.05) is 42.0 Å². The predicted molar refractivity (Wildman–Crippen MR) is 116 cm³/mol. The average Bonchev–Trinajstić information content (AvgIpc) is 3.10. The van der Waals surface area contributed by atoms with Gasteiger partial charge in [0.05, 0.1) is 16.6 Å². The van der Waals surface area contributed by atoms with E-state index in [9.17, 15) is 18.0 Å². The zero-order chi connectivity index (χ0) is 22.6. The van der Waals surface area contributed by atoms with Gasteiger partial charge in [0.2, 0.25) is 0 Å². The molecule has 0 saturated carbocycles. The molecular formula is C24H17F3N4O. The molecule has 0 aliphatic rings. The summed E-state index contributed by atoms with van der Waals surface area (Å²) in [5, 5.41) is 4.86. The fourth-order valence-corrected chi connectivity index (χ4v) is 3.84. The Hall–Kier alpha value is -3.94. The van der Waals surface area contributed by atoms with Crippen molar-refractivity contribution in [3.63, 3.8) is 0 Å². The summed E-state index contributed by atoms with van der Waals surface area (Å²) in [5.41, 5.74) is 4.66. The van der Waals surface area contributed by atoms with Gasteiger partial charge in [0.15, 0.2) is 0 Å². The average molecular weight is 434 g/mol. The van der Waals surface area contributed by atoms with Crippen LogP contribution in [0.25, 0.3) is 38.8 Å². The van der Waals surface area contributed by atoms with Crippen molar-refractivity contribution in [3.05, 3.63) is 88.1 Å². The number of pyridine rings is 1. The van der Waals surface area contributed by atoms with Crippen molar-refractivity contribution in [2.45, 2.75) is 20.0 Å². The van der Waals surface area contributed by atoms with Gasteiger partial charge >= 0.3 is 6.18 Å². The second-order valence-corrected chi connectivity index (χ2v) is 7.71. The molecule has 0 amide bonds. The highest BCUT2D eigenvalue weighted by atomic mass is 19.4. The number of rotatable bonds is 2. The third kappa shape index (κ3) is 3.24. The molecule has 1 N–H and O–H groups in total. The SMILES string of the molecule is Cc1ccc(-c2c(C)nn3c(=O)c4ccc(-c5ccc(C(F)(F)F)nc5)cc4[nH]c23)cc1. The van der Waals surface area contributed by atoms with Crippen molar-refractivity contribution in [1.82, 2.24) is 19.6 Å². The highest BCUT2D eigenvalue weighted by molar-refractivity contribution is 5.88. The van der Waals surface area contributed by atoms with Gasteiger partial charge in [-0.3, -0.25) is 9.78 Å². The maximum Gasteiger partial charge on any atom is 0.433 e. The molecule has 160 valence electrons. The maximum atomic E-state index is 13.1. The lowest BCUT2D eigenvalue weighted by Gasteiger charge is -2.08. The summed E-state index contributed by atoms with van der Waals surface area (Å²) in [5.74, 6) is 0. The second-order valence-electron chi connectivity index (χ2n) is 7.71. The molecular weight excluding hydrogens is 417 g/mol. The fraction of sp³-hybridized carbons (Fsp3) is 0.125.